The van der Waals surface area contributed by atoms with Gasteiger partial charge in [0.1, 0.15) is 53.8 Å². The van der Waals surface area contributed by atoms with Crippen LogP contribution in [-0.2, 0) is 30.9 Å². The second kappa shape index (κ2) is 17.5. The number of aromatic nitrogens is 8. The SMILES string of the molecule is CCn1nc(C)cc1C(=O)Nc1nc2cc(C(N)=O)cc3c2n1C/C=C/Cn1c(NC(=O)c2cc(C)nn2CCF)nc2cc(C(N)=O)cc(c21)OCC(N1CCOCC1)CO3. The second-order valence-corrected chi connectivity index (χ2v) is 14.9. The molecule has 1 fully saturated rings. The molecule has 1 saturated heterocycles. The normalized spacial score (nSPS) is 16.5. The number of nitrogens with zero attached hydrogens (tertiary/aromatic N) is 9. The van der Waals surface area contributed by atoms with E-state index in [1.165, 1.54) is 16.8 Å². The molecule has 6 N–H and O–H groups in total. The molecular weight excluding hydrogens is 806 g/mol. The molecule has 0 saturated carbocycles. The van der Waals surface area contributed by atoms with Crippen molar-refractivity contribution in [1.82, 2.24) is 43.6 Å². The standard InChI is InChI=1S/C41H46FN13O7/c1-4-54-30(15-23(2)49-54)38(58)47-40-45-28-17-25(36(43)56)19-32-34(28)52(40)8-5-6-9-53-35-29(46-41(53)48-39(59)31-16-24(3)50-55(31)10-7-42)18-26(37(44)57)20-33(35)62-22-27(21-61-32)51-11-13-60-14-12-51/h5-6,15-20,27H,4,7-14,21-22H2,1-3H3,(H2,43,56)(H2,44,57)(H,45,47,58)(H,46,48,59)/b6-5+. The van der Waals surface area contributed by atoms with Crippen molar-refractivity contribution in [3.05, 3.63) is 82.5 Å². The van der Waals surface area contributed by atoms with Gasteiger partial charge in [0.25, 0.3) is 11.8 Å². The molecule has 2 aliphatic heterocycles. The van der Waals surface area contributed by atoms with Crippen LogP contribution in [0.5, 0.6) is 11.5 Å². The number of rotatable bonds is 10. The van der Waals surface area contributed by atoms with Crippen LogP contribution in [0.3, 0.4) is 0 Å². The topological polar surface area (TPSA) is 247 Å². The molecule has 0 spiro atoms. The monoisotopic (exact) mass is 851 g/mol. The van der Waals surface area contributed by atoms with Crippen molar-refractivity contribution in [3.8, 4) is 11.5 Å². The summed E-state index contributed by atoms with van der Waals surface area (Å²) >= 11 is 0. The lowest BCUT2D eigenvalue weighted by Crippen LogP contribution is -2.49. The number of nitrogens with two attached hydrogens (primary N) is 2. The lowest BCUT2D eigenvalue weighted by molar-refractivity contribution is -0.00548. The fourth-order valence-corrected chi connectivity index (χ4v) is 7.72. The van der Waals surface area contributed by atoms with Crippen molar-refractivity contribution in [2.24, 2.45) is 11.5 Å². The smallest absolute Gasteiger partial charge is 0.276 e. The molecule has 6 heterocycles. The fourth-order valence-electron chi connectivity index (χ4n) is 7.72. The molecule has 0 bridgehead atoms. The highest BCUT2D eigenvalue weighted by atomic mass is 19.1. The van der Waals surface area contributed by atoms with Crippen LogP contribution in [0.2, 0.25) is 0 Å². The Labute approximate surface area is 353 Å². The summed E-state index contributed by atoms with van der Waals surface area (Å²) in [4.78, 5) is 64.6. The maximum Gasteiger partial charge on any atom is 0.276 e. The molecule has 324 valence electrons. The van der Waals surface area contributed by atoms with Crippen LogP contribution in [-0.4, -0.2) is 119 Å². The van der Waals surface area contributed by atoms with Crippen molar-refractivity contribution in [3.63, 3.8) is 0 Å². The average molecular weight is 852 g/mol. The van der Waals surface area contributed by atoms with Gasteiger partial charge in [0.15, 0.2) is 0 Å². The number of benzene rings is 2. The number of primary amides is 2. The van der Waals surface area contributed by atoms with Crippen molar-refractivity contribution in [2.45, 2.75) is 53.0 Å². The van der Waals surface area contributed by atoms with Crippen LogP contribution >= 0.6 is 0 Å². The molecule has 0 aliphatic carbocycles. The highest BCUT2D eigenvalue weighted by Crippen LogP contribution is 2.34. The third-order valence-corrected chi connectivity index (χ3v) is 10.7. The second-order valence-electron chi connectivity index (χ2n) is 14.9. The number of nitrogens with one attached hydrogen (secondary N) is 2. The van der Waals surface area contributed by atoms with E-state index in [-0.39, 0.29) is 67.3 Å². The Morgan fingerprint density at radius 1 is 0.742 bits per heavy atom. The summed E-state index contributed by atoms with van der Waals surface area (Å²) in [7, 11) is 0. The number of halogens is 1. The molecule has 21 heteroatoms. The van der Waals surface area contributed by atoms with Gasteiger partial charge in [-0.3, -0.25) is 44.1 Å². The van der Waals surface area contributed by atoms with E-state index in [2.05, 4.69) is 25.7 Å². The summed E-state index contributed by atoms with van der Waals surface area (Å²) in [6.07, 6.45) is 3.65. The van der Waals surface area contributed by atoms with E-state index in [1.54, 1.807) is 51.9 Å². The Hall–Kier alpha value is -7.13. The predicted octanol–water partition coefficient (Wildman–Crippen LogP) is 2.82. The van der Waals surface area contributed by atoms with Crippen LogP contribution in [0.25, 0.3) is 22.1 Å². The van der Waals surface area contributed by atoms with E-state index >= 15 is 0 Å². The molecule has 8 rings (SSSR count). The number of imidazole rings is 2. The molecule has 20 nitrogen and oxygen atoms in total. The molecule has 6 aromatic rings. The highest BCUT2D eigenvalue weighted by molar-refractivity contribution is 6.05. The van der Waals surface area contributed by atoms with Gasteiger partial charge in [-0.15, -0.1) is 0 Å². The Balaban J connectivity index is 1.26. The zero-order chi connectivity index (χ0) is 43.7. The quantitative estimate of drug-likeness (QED) is 0.145. The van der Waals surface area contributed by atoms with Gasteiger partial charge in [-0.25, -0.2) is 14.4 Å². The fraction of sp³-hybridized carbons (Fsp3) is 0.366. The van der Waals surface area contributed by atoms with Gasteiger partial charge < -0.3 is 34.8 Å². The third kappa shape index (κ3) is 8.31. The molecule has 0 radical (unpaired) electrons. The van der Waals surface area contributed by atoms with Crippen LogP contribution < -0.4 is 31.6 Å². The lowest BCUT2D eigenvalue weighted by atomic mass is 10.1. The molecule has 4 aromatic heterocycles. The first-order valence-corrected chi connectivity index (χ1v) is 20.1. The Morgan fingerprint density at radius 2 is 1.23 bits per heavy atom. The van der Waals surface area contributed by atoms with Gasteiger partial charge in [0, 0.05) is 43.9 Å². The number of carbonyl (C=O) groups is 4. The Morgan fingerprint density at radius 3 is 1.69 bits per heavy atom. The summed E-state index contributed by atoms with van der Waals surface area (Å²) < 4.78 is 38.7. The zero-order valence-corrected chi connectivity index (χ0v) is 34.4. The number of allylic oxidation sites excluding steroid dienone is 2. The van der Waals surface area contributed by atoms with E-state index in [1.807, 2.05) is 19.1 Å². The molecule has 1 atom stereocenters. The Bertz CT molecular complexity index is 2740. The number of alkyl halides is 1. The number of aryl methyl sites for hydroxylation is 4. The number of hydrogen-bond acceptors (Lipinski definition) is 12. The van der Waals surface area contributed by atoms with Gasteiger partial charge >= 0.3 is 0 Å². The number of anilines is 2. The summed E-state index contributed by atoms with van der Waals surface area (Å²) in [5.41, 5.74) is 15.1. The average Bonchev–Trinajstić information content (AvgIpc) is 4.01. The number of amides is 4. The van der Waals surface area contributed by atoms with Crippen LogP contribution in [0, 0.1) is 13.8 Å². The Kier molecular flexibility index (Phi) is 11.7. The minimum Gasteiger partial charge on any atom is -0.490 e. The summed E-state index contributed by atoms with van der Waals surface area (Å²) in [5, 5.41) is 14.5. The minimum absolute atomic E-state index is 0.0471. The van der Waals surface area contributed by atoms with Gasteiger partial charge in [-0.05, 0) is 57.2 Å². The van der Waals surface area contributed by atoms with E-state index in [0.717, 1.165) is 0 Å². The van der Waals surface area contributed by atoms with Crippen molar-refractivity contribution < 1.29 is 37.8 Å². The predicted molar refractivity (Wildman–Crippen MR) is 224 cm³/mol. The summed E-state index contributed by atoms with van der Waals surface area (Å²) in [6.45, 7) is 7.41. The van der Waals surface area contributed by atoms with Crippen LogP contribution in [0.4, 0.5) is 16.3 Å². The van der Waals surface area contributed by atoms with Crippen molar-refractivity contribution in [1.29, 1.82) is 0 Å². The summed E-state index contributed by atoms with van der Waals surface area (Å²) in [5.74, 6) is -1.61. The number of morpholine rings is 1. The molecule has 1 unspecified atom stereocenters. The maximum atomic E-state index is 13.8. The minimum atomic E-state index is -0.730. The van der Waals surface area contributed by atoms with E-state index in [0.29, 0.717) is 77.7 Å². The largest absolute Gasteiger partial charge is 0.490 e. The maximum absolute atomic E-state index is 13.8. The van der Waals surface area contributed by atoms with Crippen molar-refractivity contribution >= 4 is 57.6 Å². The summed E-state index contributed by atoms with van der Waals surface area (Å²) in [6, 6.07) is 8.97. The van der Waals surface area contributed by atoms with Crippen molar-refractivity contribution in [2.75, 3.05) is 56.8 Å². The van der Waals surface area contributed by atoms with Crippen LogP contribution in [0.1, 0.15) is 60.0 Å². The van der Waals surface area contributed by atoms with E-state index < -0.39 is 36.3 Å². The van der Waals surface area contributed by atoms with E-state index in [4.69, 9.17) is 35.6 Å². The molecular formula is C41H46FN13O7. The molecule has 2 aliphatic rings. The van der Waals surface area contributed by atoms with Gasteiger partial charge in [-0.2, -0.15) is 10.2 Å². The number of carbonyl (C=O) groups excluding carboxylic acids is 4. The lowest BCUT2D eigenvalue weighted by Gasteiger charge is -2.34. The molecule has 2 aromatic carbocycles. The van der Waals surface area contributed by atoms with E-state index in [9.17, 15) is 23.6 Å². The zero-order valence-electron chi connectivity index (χ0n) is 34.4. The number of ether oxygens (including phenoxy) is 3. The third-order valence-electron chi connectivity index (χ3n) is 10.7. The van der Waals surface area contributed by atoms with Gasteiger partial charge in [0.05, 0.1) is 48.2 Å². The first-order valence-electron chi connectivity index (χ1n) is 20.1. The first-order chi connectivity index (χ1) is 29.9. The molecule has 4 amide bonds. The number of hydrogen-bond donors (Lipinski definition) is 4. The molecule has 62 heavy (non-hydrogen) atoms. The van der Waals surface area contributed by atoms with Gasteiger partial charge in [0.2, 0.25) is 23.7 Å². The highest BCUT2D eigenvalue weighted by Gasteiger charge is 2.28. The van der Waals surface area contributed by atoms with Gasteiger partial charge in [-0.1, -0.05) is 12.2 Å². The first kappa shape index (κ1) is 41.6. The van der Waals surface area contributed by atoms with Crippen LogP contribution in [0.15, 0.2) is 48.6 Å².